The summed E-state index contributed by atoms with van der Waals surface area (Å²) in [5.74, 6) is 0.0304. The maximum Gasteiger partial charge on any atom is 0.248 e. The molecular weight excluding hydrogens is 300 g/mol. The third-order valence-electron chi connectivity index (χ3n) is 3.74. The Bertz CT molecular complexity index is 610. The minimum absolute atomic E-state index is 0.0304. The molecule has 1 atom stereocenters. The van der Waals surface area contributed by atoms with Crippen molar-refractivity contribution in [3.63, 3.8) is 0 Å². The molecule has 0 saturated carbocycles. The second-order valence-electron chi connectivity index (χ2n) is 5.31. The van der Waals surface area contributed by atoms with Gasteiger partial charge in [-0.05, 0) is 18.6 Å². The van der Waals surface area contributed by atoms with E-state index in [1.165, 1.54) is 0 Å². The first-order valence-corrected chi connectivity index (χ1v) is 8.39. The van der Waals surface area contributed by atoms with Gasteiger partial charge in [0.1, 0.15) is 11.6 Å². The molecule has 2 aromatic rings. The molecular formula is C16H20N2O3S. The van der Waals surface area contributed by atoms with Crippen LogP contribution >= 0.6 is 11.3 Å². The van der Waals surface area contributed by atoms with Crippen LogP contribution in [0.2, 0.25) is 0 Å². The van der Waals surface area contributed by atoms with Crippen LogP contribution in [-0.4, -0.2) is 48.2 Å². The zero-order valence-electron chi connectivity index (χ0n) is 12.7. The first-order chi connectivity index (χ1) is 10.8. The number of morpholine rings is 1. The average molecular weight is 320 g/mol. The summed E-state index contributed by atoms with van der Waals surface area (Å²) in [5, 5.41) is 0.905. The molecule has 1 fully saturated rings. The summed E-state index contributed by atoms with van der Waals surface area (Å²) in [6, 6.07) is 8.00. The van der Waals surface area contributed by atoms with Crippen molar-refractivity contribution in [1.82, 2.24) is 9.88 Å². The van der Waals surface area contributed by atoms with Gasteiger partial charge < -0.3 is 14.4 Å². The Kier molecular flexibility index (Phi) is 5.02. The number of ether oxygens (including phenoxy) is 2. The standard InChI is InChI=1S/C16H20N2O3S/c1-2-12-9-18(7-8-21-12)16(19)11-20-10-15-17-13-5-3-4-6-14(13)22-15/h3-6,12H,2,7-11H2,1H3/t12-/m0/s1. The van der Waals surface area contributed by atoms with Gasteiger partial charge in [-0.3, -0.25) is 4.79 Å². The molecule has 118 valence electrons. The largest absolute Gasteiger partial charge is 0.375 e. The SMILES string of the molecule is CC[C@H]1CN(C(=O)COCc2nc3ccccc3s2)CCO1. The second-order valence-corrected chi connectivity index (χ2v) is 6.42. The van der Waals surface area contributed by atoms with E-state index in [0.717, 1.165) is 21.6 Å². The van der Waals surface area contributed by atoms with E-state index in [0.29, 0.717) is 26.3 Å². The van der Waals surface area contributed by atoms with Crippen LogP contribution in [0.1, 0.15) is 18.4 Å². The lowest BCUT2D eigenvalue weighted by Gasteiger charge is -2.32. The number of rotatable bonds is 5. The van der Waals surface area contributed by atoms with Gasteiger partial charge >= 0.3 is 0 Å². The molecule has 0 bridgehead atoms. The van der Waals surface area contributed by atoms with Crippen LogP contribution in [0, 0.1) is 0 Å². The van der Waals surface area contributed by atoms with E-state index in [1.807, 2.05) is 29.2 Å². The summed E-state index contributed by atoms with van der Waals surface area (Å²) in [6.07, 6.45) is 1.08. The van der Waals surface area contributed by atoms with E-state index >= 15 is 0 Å². The molecule has 0 N–H and O–H groups in total. The van der Waals surface area contributed by atoms with Crippen molar-refractivity contribution in [2.45, 2.75) is 26.1 Å². The minimum atomic E-state index is 0.0304. The minimum Gasteiger partial charge on any atom is -0.375 e. The molecule has 3 rings (SSSR count). The van der Waals surface area contributed by atoms with Crippen LogP contribution < -0.4 is 0 Å². The van der Waals surface area contributed by atoms with E-state index in [2.05, 4.69) is 11.9 Å². The Hall–Kier alpha value is -1.50. The summed E-state index contributed by atoms with van der Waals surface area (Å²) in [6.45, 7) is 4.49. The van der Waals surface area contributed by atoms with Gasteiger partial charge in [-0.15, -0.1) is 11.3 Å². The number of hydrogen-bond donors (Lipinski definition) is 0. The van der Waals surface area contributed by atoms with E-state index in [9.17, 15) is 4.79 Å². The van der Waals surface area contributed by atoms with Crippen LogP contribution in [0.25, 0.3) is 10.2 Å². The fourth-order valence-electron chi connectivity index (χ4n) is 2.49. The van der Waals surface area contributed by atoms with Gasteiger partial charge in [-0.2, -0.15) is 0 Å². The van der Waals surface area contributed by atoms with Gasteiger partial charge in [0.15, 0.2) is 0 Å². The molecule has 1 aromatic carbocycles. The predicted molar refractivity (Wildman–Crippen MR) is 85.9 cm³/mol. The molecule has 1 aliphatic heterocycles. The van der Waals surface area contributed by atoms with Gasteiger partial charge in [-0.25, -0.2) is 4.98 Å². The van der Waals surface area contributed by atoms with Crippen molar-refractivity contribution < 1.29 is 14.3 Å². The topological polar surface area (TPSA) is 51.7 Å². The number of para-hydroxylation sites is 1. The number of carbonyl (C=O) groups is 1. The number of hydrogen-bond acceptors (Lipinski definition) is 5. The summed E-state index contributed by atoms with van der Waals surface area (Å²) in [7, 11) is 0. The van der Waals surface area contributed by atoms with Crippen molar-refractivity contribution in [2.24, 2.45) is 0 Å². The molecule has 1 amide bonds. The van der Waals surface area contributed by atoms with Crippen LogP contribution in [0.15, 0.2) is 24.3 Å². The zero-order valence-corrected chi connectivity index (χ0v) is 13.5. The molecule has 1 saturated heterocycles. The van der Waals surface area contributed by atoms with E-state index in [4.69, 9.17) is 9.47 Å². The van der Waals surface area contributed by atoms with Crippen molar-refractivity contribution in [3.8, 4) is 0 Å². The van der Waals surface area contributed by atoms with Crippen molar-refractivity contribution in [1.29, 1.82) is 0 Å². The highest BCUT2D eigenvalue weighted by Gasteiger charge is 2.22. The Labute approximate surface area is 133 Å². The Morgan fingerprint density at radius 2 is 2.36 bits per heavy atom. The van der Waals surface area contributed by atoms with Crippen molar-refractivity contribution in [3.05, 3.63) is 29.3 Å². The average Bonchev–Trinajstić information content (AvgIpc) is 2.97. The third-order valence-corrected chi connectivity index (χ3v) is 4.75. The molecule has 0 aliphatic carbocycles. The molecule has 6 heteroatoms. The third kappa shape index (κ3) is 3.63. The molecule has 0 radical (unpaired) electrons. The molecule has 0 spiro atoms. The Balaban J connectivity index is 1.49. The molecule has 5 nitrogen and oxygen atoms in total. The monoisotopic (exact) mass is 320 g/mol. The Morgan fingerprint density at radius 1 is 1.50 bits per heavy atom. The van der Waals surface area contributed by atoms with Crippen molar-refractivity contribution >= 4 is 27.5 Å². The lowest BCUT2D eigenvalue weighted by Crippen LogP contribution is -2.46. The number of amides is 1. The van der Waals surface area contributed by atoms with E-state index in [1.54, 1.807) is 11.3 Å². The molecule has 1 aromatic heterocycles. The van der Waals surface area contributed by atoms with E-state index in [-0.39, 0.29) is 18.6 Å². The number of carbonyl (C=O) groups excluding carboxylic acids is 1. The molecule has 1 aliphatic rings. The first kappa shape index (κ1) is 15.4. The van der Waals surface area contributed by atoms with Crippen LogP contribution in [0.5, 0.6) is 0 Å². The summed E-state index contributed by atoms with van der Waals surface area (Å²) in [4.78, 5) is 18.5. The maximum atomic E-state index is 12.2. The first-order valence-electron chi connectivity index (χ1n) is 7.58. The zero-order chi connectivity index (χ0) is 15.4. The van der Waals surface area contributed by atoms with Gasteiger partial charge in [0.25, 0.3) is 0 Å². The molecule has 2 heterocycles. The quantitative estimate of drug-likeness (QED) is 0.849. The summed E-state index contributed by atoms with van der Waals surface area (Å²) >= 11 is 1.61. The number of aromatic nitrogens is 1. The van der Waals surface area contributed by atoms with Crippen LogP contribution in [0.3, 0.4) is 0 Å². The number of nitrogens with zero attached hydrogens (tertiary/aromatic N) is 2. The normalized spacial score (nSPS) is 18.8. The smallest absolute Gasteiger partial charge is 0.248 e. The van der Waals surface area contributed by atoms with Gasteiger partial charge in [-0.1, -0.05) is 19.1 Å². The number of benzene rings is 1. The maximum absolute atomic E-state index is 12.2. The summed E-state index contributed by atoms with van der Waals surface area (Å²) < 4.78 is 12.3. The highest BCUT2D eigenvalue weighted by molar-refractivity contribution is 7.18. The highest BCUT2D eigenvalue weighted by atomic mass is 32.1. The van der Waals surface area contributed by atoms with Crippen LogP contribution in [0.4, 0.5) is 0 Å². The lowest BCUT2D eigenvalue weighted by molar-refractivity contribution is -0.144. The van der Waals surface area contributed by atoms with Gasteiger partial charge in [0.2, 0.25) is 5.91 Å². The highest BCUT2D eigenvalue weighted by Crippen LogP contribution is 2.21. The molecule has 22 heavy (non-hydrogen) atoms. The van der Waals surface area contributed by atoms with Crippen molar-refractivity contribution in [2.75, 3.05) is 26.3 Å². The fourth-order valence-corrected chi connectivity index (χ4v) is 3.40. The fraction of sp³-hybridized carbons (Fsp3) is 0.500. The number of fused-ring (bicyclic) bond motifs is 1. The van der Waals surface area contributed by atoms with Gasteiger partial charge in [0.05, 0.1) is 29.5 Å². The van der Waals surface area contributed by atoms with Gasteiger partial charge in [0, 0.05) is 13.1 Å². The van der Waals surface area contributed by atoms with E-state index < -0.39 is 0 Å². The second kappa shape index (κ2) is 7.17. The Morgan fingerprint density at radius 3 is 3.18 bits per heavy atom. The predicted octanol–water partition coefficient (Wildman–Crippen LogP) is 2.45. The number of thiazole rings is 1. The summed E-state index contributed by atoms with van der Waals surface area (Å²) in [5.41, 5.74) is 0.983. The van der Waals surface area contributed by atoms with Crippen LogP contribution in [-0.2, 0) is 20.9 Å². The lowest BCUT2D eigenvalue weighted by atomic mass is 10.2. The molecule has 0 unspecified atom stereocenters.